The minimum atomic E-state index is -1.02. The first kappa shape index (κ1) is 75.2. The highest BCUT2D eigenvalue weighted by Crippen LogP contribution is 2.35. The van der Waals surface area contributed by atoms with Gasteiger partial charge in [0.05, 0.1) is 27.7 Å². The minimum Gasteiger partial charge on any atom is -0.455 e. The number of anilines is 4. The van der Waals surface area contributed by atoms with Gasteiger partial charge in [-0.05, 0) is 155 Å². The van der Waals surface area contributed by atoms with Gasteiger partial charge < -0.3 is 49.3 Å². The Hall–Kier alpha value is -11.3. The van der Waals surface area contributed by atoms with Gasteiger partial charge in [0, 0.05) is 38.5 Å². The number of nitro benzene ring substituents is 1. The van der Waals surface area contributed by atoms with E-state index < -0.39 is 17.5 Å². The first-order valence-corrected chi connectivity index (χ1v) is 30.6. The van der Waals surface area contributed by atoms with E-state index in [1.54, 1.807) is 67.3 Å². The van der Waals surface area contributed by atoms with E-state index in [4.69, 9.17) is 45.8 Å². The number of nitrogens with one attached hydrogen (secondary N) is 1. The number of aldehydes is 1. The van der Waals surface area contributed by atoms with E-state index in [2.05, 4.69) is 12.2 Å². The third-order valence-corrected chi connectivity index (χ3v) is 12.6. The SMILES string of the molecule is CC=O.CCC(=O)Cl.CCC(=O)N(CC)c1ccccc1Oc1ccccc1.CCN(C(=O)CF)c1ccccc1Oc1ccccc1.CCNc1ccccc1Oc1ccccc1.Nc1ccccc1Oc1ccccc1.O=[N+]([O-])c1ccccc1Oc1ccccc1. The fourth-order valence-electron chi connectivity index (χ4n) is 8.00. The Balaban J connectivity index is 0.000000244. The smallest absolute Gasteiger partial charge is 0.311 e. The molecule has 3 N–H and O–H groups in total. The number of nitro groups is 1. The summed E-state index contributed by atoms with van der Waals surface area (Å²) < 4.78 is 41.1. The molecule has 0 radical (unpaired) electrons. The summed E-state index contributed by atoms with van der Waals surface area (Å²) >= 11 is 4.82. The number of para-hydroxylation sites is 15. The standard InChI is InChI=1S/C17H19NO2.C16H16FNO2.C14H15NO.C12H9NO3.C12H11NO.C3H5ClO.C2H4O/c1-3-17(19)18(4-2)15-12-8-9-13-16(15)20-14-10-6-5-7-11-14;1-2-18(16(19)12-17)14-10-6-7-11-15(14)20-13-8-4-3-5-9-13;1-2-15-13-10-6-7-11-14(13)16-12-8-4-3-5-9-12;14-13(15)11-8-4-5-9-12(11)16-10-6-2-1-3-7-10;13-11-8-4-5-9-12(11)14-10-6-2-1-3-7-10;1-2-3(4)5;1-2-3/h5-13H,3-4H2,1-2H3;3-11H,2,12H2,1H3;3-11,15H,2H2,1H3;1-9H;1-9H,13H2;2H2,1H3;2H,1H3. The summed E-state index contributed by atoms with van der Waals surface area (Å²) in [5.74, 6) is 6.21. The van der Waals surface area contributed by atoms with Crippen LogP contribution in [0.15, 0.2) is 273 Å². The Kier molecular flexibility index (Phi) is 35.4. The molecular weight excluding hydrogens is 1210 g/mol. The molecule has 10 aromatic rings. The Bertz CT molecular complexity index is 3680. The number of amides is 2. The number of benzene rings is 10. The maximum absolute atomic E-state index is 12.6. The lowest BCUT2D eigenvalue weighted by molar-refractivity contribution is -0.385. The van der Waals surface area contributed by atoms with Crippen LogP contribution >= 0.6 is 11.6 Å². The average Bonchev–Trinajstić information content (AvgIpc) is 0.907. The van der Waals surface area contributed by atoms with E-state index in [1.807, 2.05) is 232 Å². The van der Waals surface area contributed by atoms with Gasteiger partial charge in [-0.25, -0.2) is 4.39 Å². The second kappa shape index (κ2) is 44.2. The Morgan fingerprint density at radius 1 is 0.457 bits per heavy atom. The lowest BCUT2D eigenvalue weighted by Gasteiger charge is -2.23. The van der Waals surface area contributed by atoms with Crippen LogP contribution in [0, 0.1) is 10.1 Å². The molecule has 0 saturated heterocycles. The quantitative estimate of drug-likeness (QED) is 0.0240. The molecule has 16 nitrogen and oxygen atoms in total. The summed E-state index contributed by atoms with van der Waals surface area (Å²) in [7, 11) is 0. The van der Waals surface area contributed by atoms with Gasteiger partial charge in [0.25, 0.3) is 5.91 Å². The van der Waals surface area contributed by atoms with Crippen LogP contribution in [0.3, 0.4) is 0 Å². The van der Waals surface area contributed by atoms with E-state index in [1.165, 1.54) is 17.9 Å². The Morgan fingerprint density at radius 2 is 0.755 bits per heavy atom. The first-order chi connectivity index (χ1) is 45.7. The molecule has 0 aromatic heterocycles. The van der Waals surface area contributed by atoms with Gasteiger partial charge in [0.1, 0.15) is 40.8 Å². The summed E-state index contributed by atoms with van der Waals surface area (Å²) in [6.45, 7) is 11.7. The number of rotatable bonds is 20. The second-order valence-corrected chi connectivity index (χ2v) is 19.4. The predicted octanol–water partition coefficient (Wildman–Crippen LogP) is 19.8. The Morgan fingerprint density at radius 3 is 1.11 bits per heavy atom. The lowest BCUT2D eigenvalue weighted by atomic mass is 10.2. The summed E-state index contributed by atoms with van der Waals surface area (Å²) in [6, 6.07) is 83.6. The highest BCUT2D eigenvalue weighted by molar-refractivity contribution is 6.63. The number of nitrogens with two attached hydrogens (primary N) is 1. The summed E-state index contributed by atoms with van der Waals surface area (Å²) in [4.78, 5) is 55.4. The minimum absolute atomic E-state index is 0.0358. The van der Waals surface area contributed by atoms with Crippen LogP contribution in [-0.2, 0) is 19.2 Å². The van der Waals surface area contributed by atoms with E-state index in [0.717, 1.165) is 47.2 Å². The number of nitrogens with zero attached hydrogens (tertiary/aromatic N) is 3. The van der Waals surface area contributed by atoms with Crippen molar-refractivity contribution in [1.82, 2.24) is 0 Å². The van der Waals surface area contributed by atoms with Gasteiger partial charge in [-0.1, -0.05) is 166 Å². The first-order valence-electron chi connectivity index (χ1n) is 30.2. The molecule has 0 bridgehead atoms. The number of hydrogen-bond donors (Lipinski definition) is 2. The van der Waals surface area contributed by atoms with Crippen molar-refractivity contribution in [2.45, 2.75) is 54.4 Å². The maximum atomic E-state index is 12.6. The topological polar surface area (TPSA) is 202 Å². The van der Waals surface area contributed by atoms with Gasteiger partial charge >= 0.3 is 5.69 Å². The second-order valence-electron chi connectivity index (χ2n) is 19.0. The molecule has 18 heteroatoms. The number of hydrogen-bond acceptors (Lipinski definition) is 13. The van der Waals surface area contributed by atoms with Crippen molar-refractivity contribution in [3.63, 3.8) is 0 Å². The van der Waals surface area contributed by atoms with Crippen molar-refractivity contribution in [2.75, 3.05) is 47.2 Å². The molecule has 0 aliphatic heterocycles. The van der Waals surface area contributed by atoms with Crippen molar-refractivity contribution in [3.05, 3.63) is 283 Å². The van der Waals surface area contributed by atoms with Crippen molar-refractivity contribution in [2.24, 2.45) is 0 Å². The monoisotopic (exact) mass is 1290 g/mol. The third-order valence-electron chi connectivity index (χ3n) is 12.3. The maximum Gasteiger partial charge on any atom is 0.311 e. The van der Waals surface area contributed by atoms with Crippen LogP contribution in [0.2, 0.25) is 0 Å². The normalized spacial score (nSPS) is 9.62. The molecule has 0 heterocycles. The molecule has 0 atom stereocenters. The molecule has 0 unspecified atom stereocenters. The highest BCUT2D eigenvalue weighted by atomic mass is 35.5. The molecule has 488 valence electrons. The van der Waals surface area contributed by atoms with Crippen molar-refractivity contribution in [1.29, 1.82) is 0 Å². The molecule has 0 fully saturated rings. The zero-order valence-electron chi connectivity index (χ0n) is 53.5. The highest BCUT2D eigenvalue weighted by Gasteiger charge is 2.19. The van der Waals surface area contributed by atoms with Crippen LogP contribution in [0.4, 0.5) is 32.8 Å². The largest absolute Gasteiger partial charge is 0.455 e. The Labute approximate surface area is 555 Å². The van der Waals surface area contributed by atoms with Crippen LogP contribution in [0.25, 0.3) is 0 Å². The average molecular weight is 1290 g/mol. The molecule has 0 saturated carbocycles. The number of halogens is 2. The summed E-state index contributed by atoms with van der Waals surface area (Å²) in [6.07, 6.45) is 1.66. The summed E-state index contributed by atoms with van der Waals surface area (Å²) in [5, 5.41) is 13.7. The van der Waals surface area contributed by atoms with Gasteiger partial charge in [-0.15, -0.1) is 0 Å². The molecule has 2 amide bonds. The molecule has 10 rings (SSSR count). The van der Waals surface area contributed by atoms with E-state index in [0.29, 0.717) is 66.1 Å². The molecule has 0 aliphatic carbocycles. The van der Waals surface area contributed by atoms with Gasteiger partial charge in [-0.3, -0.25) is 24.5 Å². The van der Waals surface area contributed by atoms with Gasteiger partial charge in [-0.2, -0.15) is 0 Å². The molecule has 10 aromatic carbocycles. The van der Waals surface area contributed by atoms with Gasteiger partial charge in [0.15, 0.2) is 23.9 Å². The van der Waals surface area contributed by atoms with Crippen LogP contribution in [0.1, 0.15) is 54.4 Å². The van der Waals surface area contributed by atoms with Gasteiger partial charge in [0.2, 0.25) is 16.9 Å². The number of carbonyl (C=O) groups excluding carboxylic acids is 4. The van der Waals surface area contributed by atoms with Crippen LogP contribution < -0.4 is 44.5 Å². The number of carbonyl (C=O) groups is 4. The fourth-order valence-corrected chi connectivity index (χ4v) is 8.00. The number of nitrogen functional groups attached to an aromatic ring is 1. The summed E-state index contributed by atoms with van der Waals surface area (Å²) in [5.41, 5.74) is 8.76. The number of alkyl halides is 1. The third kappa shape index (κ3) is 27.4. The van der Waals surface area contributed by atoms with Crippen molar-refractivity contribution >= 4 is 63.4 Å². The molecule has 0 aliphatic rings. The van der Waals surface area contributed by atoms with Crippen molar-refractivity contribution in [3.8, 4) is 57.5 Å². The molecule has 0 spiro atoms. The fraction of sp³-hybridized carbons (Fsp3) is 0.158. The van der Waals surface area contributed by atoms with E-state index in [-0.39, 0.29) is 22.6 Å². The van der Waals surface area contributed by atoms with E-state index in [9.17, 15) is 28.9 Å². The zero-order valence-corrected chi connectivity index (χ0v) is 54.2. The predicted molar refractivity (Wildman–Crippen MR) is 375 cm³/mol. The number of ether oxygens (including phenoxy) is 5. The van der Waals surface area contributed by atoms with Crippen molar-refractivity contribution < 1.29 is 52.2 Å². The lowest BCUT2D eigenvalue weighted by Crippen LogP contribution is -2.32. The van der Waals surface area contributed by atoms with E-state index >= 15 is 0 Å². The zero-order chi connectivity index (χ0) is 68.1. The molecule has 94 heavy (non-hydrogen) atoms. The van der Waals surface area contributed by atoms with Crippen LogP contribution in [-0.4, -0.2) is 54.6 Å². The molecular formula is C76H79ClFN5O11. The van der Waals surface area contributed by atoms with Crippen LogP contribution in [0.5, 0.6) is 57.5 Å².